The number of hydrogen-bond donors (Lipinski definition) is 1. The van der Waals surface area contributed by atoms with E-state index >= 15 is 0 Å². The number of hydrogen-bond acceptors (Lipinski definition) is 2. The Balaban J connectivity index is 1.81. The van der Waals surface area contributed by atoms with Crippen molar-refractivity contribution >= 4 is 11.6 Å². The molecule has 0 atom stereocenters. The lowest BCUT2D eigenvalue weighted by atomic mass is 9.85. The predicted molar refractivity (Wildman–Crippen MR) is 88.0 cm³/mol. The second-order valence-corrected chi connectivity index (χ2v) is 5.73. The molecule has 2 heterocycles. The molecule has 0 saturated carbocycles. The van der Waals surface area contributed by atoms with E-state index in [1.807, 2.05) is 24.1 Å². The van der Waals surface area contributed by atoms with Crippen LogP contribution in [-0.4, -0.2) is 19.7 Å². The van der Waals surface area contributed by atoms with E-state index in [9.17, 15) is 0 Å². The molecule has 3 aromatic rings. The molecule has 0 bridgehead atoms. The first-order valence-electron chi connectivity index (χ1n) is 7.62. The zero-order valence-corrected chi connectivity index (χ0v) is 12.6. The van der Waals surface area contributed by atoms with E-state index in [0.717, 1.165) is 24.2 Å². The monoisotopic (exact) mass is 290 g/mol. The second kappa shape index (κ2) is 5.30. The van der Waals surface area contributed by atoms with Crippen LogP contribution in [-0.2, 0) is 13.5 Å². The van der Waals surface area contributed by atoms with Crippen molar-refractivity contribution in [2.75, 3.05) is 0 Å². The normalized spacial score (nSPS) is 16.0. The van der Waals surface area contributed by atoms with Crippen LogP contribution in [0.25, 0.3) is 22.9 Å². The van der Waals surface area contributed by atoms with Gasteiger partial charge >= 0.3 is 0 Å². The van der Waals surface area contributed by atoms with Crippen molar-refractivity contribution in [3.63, 3.8) is 0 Å². The standard InChI is InChI=1S/C18H18N4/c1-22-18(7-8-21-22)15-6-5-13-3-2-4-14(17(13)10-15)9-16-11-19-12-20-16/h5-12H,2-4H2,1H3,(H,19,20)/b14-9+. The van der Waals surface area contributed by atoms with E-state index in [1.165, 1.54) is 28.7 Å². The summed E-state index contributed by atoms with van der Waals surface area (Å²) in [5, 5.41) is 4.27. The molecule has 4 heteroatoms. The van der Waals surface area contributed by atoms with Crippen LogP contribution in [0, 0.1) is 0 Å². The number of rotatable bonds is 2. The molecule has 4 rings (SSSR count). The number of aryl methyl sites for hydroxylation is 2. The van der Waals surface area contributed by atoms with Crippen LogP contribution in [0.1, 0.15) is 29.7 Å². The smallest absolute Gasteiger partial charge is 0.0927 e. The van der Waals surface area contributed by atoms with Gasteiger partial charge in [-0.3, -0.25) is 4.68 Å². The molecule has 22 heavy (non-hydrogen) atoms. The van der Waals surface area contributed by atoms with Crippen LogP contribution in [0.4, 0.5) is 0 Å². The fraction of sp³-hybridized carbons (Fsp3) is 0.222. The van der Waals surface area contributed by atoms with E-state index in [-0.39, 0.29) is 0 Å². The molecule has 2 aromatic heterocycles. The number of H-pyrrole nitrogens is 1. The first-order valence-corrected chi connectivity index (χ1v) is 7.62. The van der Waals surface area contributed by atoms with Gasteiger partial charge in [-0.15, -0.1) is 0 Å². The van der Waals surface area contributed by atoms with Crippen molar-refractivity contribution in [1.29, 1.82) is 0 Å². The Morgan fingerprint density at radius 3 is 2.95 bits per heavy atom. The van der Waals surface area contributed by atoms with Crippen molar-refractivity contribution in [1.82, 2.24) is 19.7 Å². The van der Waals surface area contributed by atoms with Gasteiger partial charge in [0.2, 0.25) is 0 Å². The maximum atomic E-state index is 4.32. The summed E-state index contributed by atoms with van der Waals surface area (Å²) in [6.07, 6.45) is 11.2. The van der Waals surface area contributed by atoms with Crippen LogP contribution in [0.2, 0.25) is 0 Å². The Morgan fingerprint density at radius 1 is 1.23 bits per heavy atom. The summed E-state index contributed by atoms with van der Waals surface area (Å²) in [5.74, 6) is 0. The second-order valence-electron chi connectivity index (χ2n) is 5.73. The number of allylic oxidation sites excluding steroid dienone is 1. The number of aromatic amines is 1. The first-order chi connectivity index (χ1) is 10.8. The van der Waals surface area contributed by atoms with E-state index in [0.29, 0.717) is 0 Å². The number of aromatic nitrogens is 4. The van der Waals surface area contributed by atoms with Gasteiger partial charge < -0.3 is 4.98 Å². The van der Waals surface area contributed by atoms with Crippen molar-refractivity contribution < 1.29 is 0 Å². The molecule has 0 radical (unpaired) electrons. The summed E-state index contributed by atoms with van der Waals surface area (Å²) in [6.45, 7) is 0. The number of benzene rings is 1. The minimum absolute atomic E-state index is 0.994. The van der Waals surface area contributed by atoms with Crippen molar-refractivity contribution in [3.05, 3.63) is 59.8 Å². The minimum atomic E-state index is 0.994. The van der Waals surface area contributed by atoms with E-state index < -0.39 is 0 Å². The molecule has 0 aliphatic heterocycles. The zero-order chi connectivity index (χ0) is 14.9. The summed E-state index contributed by atoms with van der Waals surface area (Å²) < 4.78 is 1.92. The lowest BCUT2D eigenvalue weighted by Crippen LogP contribution is -2.03. The van der Waals surface area contributed by atoms with Crippen LogP contribution in [0.15, 0.2) is 43.0 Å². The van der Waals surface area contributed by atoms with Gasteiger partial charge in [-0.2, -0.15) is 5.10 Å². The van der Waals surface area contributed by atoms with Crippen molar-refractivity contribution in [3.8, 4) is 11.3 Å². The Bertz CT molecular complexity index is 825. The maximum Gasteiger partial charge on any atom is 0.0927 e. The average Bonchev–Trinajstić information content (AvgIpc) is 3.19. The van der Waals surface area contributed by atoms with Gasteiger partial charge in [0.25, 0.3) is 0 Å². The number of nitrogens with zero attached hydrogens (tertiary/aromatic N) is 3. The van der Waals surface area contributed by atoms with Crippen LogP contribution < -0.4 is 0 Å². The van der Waals surface area contributed by atoms with Gasteiger partial charge in [0.1, 0.15) is 0 Å². The third-order valence-electron chi connectivity index (χ3n) is 4.31. The Labute approximate surface area is 129 Å². The molecule has 1 aliphatic rings. The van der Waals surface area contributed by atoms with Gasteiger partial charge in [-0.25, -0.2) is 4.98 Å². The zero-order valence-electron chi connectivity index (χ0n) is 12.6. The Kier molecular flexibility index (Phi) is 3.15. The quantitative estimate of drug-likeness (QED) is 0.782. The molecule has 1 aliphatic carbocycles. The average molecular weight is 290 g/mol. The van der Waals surface area contributed by atoms with Crippen LogP contribution >= 0.6 is 0 Å². The highest BCUT2D eigenvalue weighted by atomic mass is 15.3. The lowest BCUT2D eigenvalue weighted by Gasteiger charge is -2.20. The van der Waals surface area contributed by atoms with E-state index in [4.69, 9.17) is 0 Å². The van der Waals surface area contributed by atoms with Crippen LogP contribution in [0.5, 0.6) is 0 Å². The molecule has 4 nitrogen and oxygen atoms in total. The van der Waals surface area contributed by atoms with E-state index in [1.54, 1.807) is 6.33 Å². The SMILES string of the molecule is Cn1nccc1-c1ccc2c(c1)/C(=C/c1c[nH]cn1)CCC2. The largest absolute Gasteiger partial charge is 0.351 e. The summed E-state index contributed by atoms with van der Waals surface area (Å²) in [6, 6.07) is 8.81. The molecule has 0 fully saturated rings. The molecule has 0 spiro atoms. The summed E-state index contributed by atoms with van der Waals surface area (Å²) in [5.41, 5.74) is 7.51. The van der Waals surface area contributed by atoms with Gasteiger partial charge in [0.05, 0.1) is 17.7 Å². The topological polar surface area (TPSA) is 46.5 Å². The third kappa shape index (κ3) is 2.26. The molecule has 1 aromatic carbocycles. The minimum Gasteiger partial charge on any atom is -0.351 e. The third-order valence-corrected chi connectivity index (χ3v) is 4.31. The van der Waals surface area contributed by atoms with Gasteiger partial charge in [-0.1, -0.05) is 12.1 Å². The first kappa shape index (κ1) is 13.1. The predicted octanol–water partition coefficient (Wildman–Crippen LogP) is 3.69. The summed E-state index contributed by atoms with van der Waals surface area (Å²) >= 11 is 0. The lowest BCUT2D eigenvalue weighted by molar-refractivity contribution is 0.775. The molecule has 0 amide bonds. The molecular formula is C18H18N4. The molecule has 1 N–H and O–H groups in total. The Morgan fingerprint density at radius 2 is 2.18 bits per heavy atom. The highest BCUT2D eigenvalue weighted by molar-refractivity contribution is 5.84. The van der Waals surface area contributed by atoms with Gasteiger partial charge in [0.15, 0.2) is 0 Å². The van der Waals surface area contributed by atoms with Crippen LogP contribution in [0.3, 0.4) is 0 Å². The fourth-order valence-electron chi connectivity index (χ4n) is 3.19. The van der Waals surface area contributed by atoms with Crippen molar-refractivity contribution in [2.45, 2.75) is 19.3 Å². The Hall–Kier alpha value is -2.62. The highest BCUT2D eigenvalue weighted by Crippen LogP contribution is 2.34. The molecule has 110 valence electrons. The number of fused-ring (bicyclic) bond motifs is 1. The number of imidazole rings is 1. The fourth-order valence-corrected chi connectivity index (χ4v) is 3.19. The van der Waals surface area contributed by atoms with Gasteiger partial charge in [-0.05, 0) is 54.2 Å². The summed E-state index contributed by atoms with van der Waals surface area (Å²) in [4.78, 5) is 7.34. The highest BCUT2D eigenvalue weighted by Gasteiger charge is 2.16. The number of nitrogens with one attached hydrogen (secondary N) is 1. The van der Waals surface area contributed by atoms with Crippen molar-refractivity contribution in [2.24, 2.45) is 7.05 Å². The molecule has 0 unspecified atom stereocenters. The van der Waals surface area contributed by atoms with E-state index in [2.05, 4.69) is 45.4 Å². The molecule has 0 saturated heterocycles. The maximum absolute atomic E-state index is 4.32. The molecular weight excluding hydrogens is 272 g/mol. The van der Waals surface area contributed by atoms with Gasteiger partial charge in [0, 0.05) is 25.0 Å². The summed E-state index contributed by atoms with van der Waals surface area (Å²) in [7, 11) is 1.98.